The molecule has 0 aliphatic heterocycles. The van der Waals surface area contributed by atoms with Crippen LogP contribution in [0.15, 0.2) is 18.2 Å². The van der Waals surface area contributed by atoms with Gasteiger partial charge in [-0.25, -0.2) is 0 Å². The largest absolute Gasteiger partial charge is 0.506 e. The highest BCUT2D eigenvalue weighted by atomic mass is 16.3. The highest BCUT2D eigenvalue weighted by molar-refractivity contribution is 5.93. The van der Waals surface area contributed by atoms with Crippen molar-refractivity contribution in [3.05, 3.63) is 23.8 Å². The van der Waals surface area contributed by atoms with E-state index in [0.717, 1.165) is 5.56 Å². The summed E-state index contributed by atoms with van der Waals surface area (Å²) in [6, 6.07) is 4.98. The standard InChI is InChI=1S/C11H16N2O2/c1-7(2)11(15)13-9-4-3-8(6-12)5-10(9)14/h3-5,7,14H,6,12H2,1-2H3,(H,13,15). The maximum absolute atomic E-state index is 11.4. The van der Waals surface area contributed by atoms with Crippen LogP contribution in [0.1, 0.15) is 19.4 Å². The summed E-state index contributed by atoms with van der Waals surface area (Å²) >= 11 is 0. The Labute approximate surface area is 89.1 Å². The van der Waals surface area contributed by atoms with E-state index in [1.807, 2.05) is 0 Å². The smallest absolute Gasteiger partial charge is 0.227 e. The third-order valence-electron chi connectivity index (χ3n) is 2.08. The second-order valence-electron chi connectivity index (χ2n) is 3.70. The zero-order valence-electron chi connectivity index (χ0n) is 8.95. The Morgan fingerprint density at radius 1 is 1.53 bits per heavy atom. The number of aromatic hydroxyl groups is 1. The molecular weight excluding hydrogens is 192 g/mol. The van der Waals surface area contributed by atoms with Crippen molar-refractivity contribution in [3.8, 4) is 5.75 Å². The lowest BCUT2D eigenvalue weighted by Gasteiger charge is -2.10. The lowest BCUT2D eigenvalue weighted by atomic mass is 10.1. The minimum absolute atomic E-state index is 0.0481. The van der Waals surface area contributed by atoms with Crippen molar-refractivity contribution in [3.63, 3.8) is 0 Å². The normalized spacial score (nSPS) is 10.4. The number of hydrogen-bond donors (Lipinski definition) is 3. The Kier molecular flexibility index (Phi) is 3.68. The molecule has 0 heterocycles. The van der Waals surface area contributed by atoms with Crippen LogP contribution in [0, 0.1) is 5.92 Å². The van der Waals surface area contributed by atoms with Crippen molar-refractivity contribution in [1.82, 2.24) is 0 Å². The van der Waals surface area contributed by atoms with E-state index in [0.29, 0.717) is 12.2 Å². The Morgan fingerprint density at radius 3 is 2.67 bits per heavy atom. The number of benzene rings is 1. The van der Waals surface area contributed by atoms with Crippen LogP contribution in [0.4, 0.5) is 5.69 Å². The average molecular weight is 208 g/mol. The summed E-state index contributed by atoms with van der Waals surface area (Å²) in [7, 11) is 0. The summed E-state index contributed by atoms with van der Waals surface area (Å²) < 4.78 is 0. The third kappa shape index (κ3) is 2.95. The molecular formula is C11H16N2O2. The van der Waals surface area contributed by atoms with Gasteiger partial charge in [-0.1, -0.05) is 19.9 Å². The van der Waals surface area contributed by atoms with E-state index in [4.69, 9.17) is 5.73 Å². The fourth-order valence-corrected chi connectivity index (χ4v) is 1.09. The first-order valence-corrected chi connectivity index (χ1v) is 4.87. The second-order valence-corrected chi connectivity index (χ2v) is 3.70. The van der Waals surface area contributed by atoms with E-state index >= 15 is 0 Å². The van der Waals surface area contributed by atoms with Gasteiger partial charge in [-0.15, -0.1) is 0 Å². The van der Waals surface area contributed by atoms with Gasteiger partial charge in [-0.2, -0.15) is 0 Å². The van der Waals surface area contributed by atoms with Gasteiger partial charge < -0.3 is 16.2 Å². The van der Waals surface area contributed by atoms with Crippen molar-refractivity contribution < 1.29 is 9.90 Å². The summed E-state index contributed by atoms with van der Waals surface area (Å²) in [5.41, 5.74) is 6.67. The highest BCUT2D eigenvalue weighted by Gasteiger charge is 2.09. The molecule has 0 saturated heterocycles. The molecule has 0 bridgehead atoms. The van der Waals surface area contributed by atoms with E-state index in [2.05, 4.69) is 5.32 Å². The molecule has 4 N–H and O–H groups in total. The number of phenolic OH excluding ortho intramolecular Hbond substituents is 1. The van der Waals surface area contributed by atoms with Crippen molar-refractivity contribution in [2.75, 3.05) is 5.32 Å². The molecule has 4 nitrogen and oxygen atoms in total. The van der Waals surface area contributed by atoms with Crippen LogP contribution in [-0.4, -0.2) is 11.0 Å². The van der Waals surface area contributed by atoms with Crippen molar-refractivity contribution in [2.45, 2.75) is 20.4 Å². The number of phenols is 1. The van der Waals surface area contributed by atoms with Gasteiger partial charge in [0.25, 0.3) is 0 Å². The van der Waals surface area contributed by atoms with E-state index in [1.54, 1.807) is 32.0 Å². The fourth-order valence-electron chi connectivity index (χ4n) is 1.09. The van der Waals surface area contributed by atoms with E-state index in [9.17, 15) is 9.90 Å². The first-order valence-electron chi connectivity index (χ1n) is 4.87. The lowest BCUT2D eigenvalue weighted by Crippen LogP contribution is -2.17. The van der Waals surface area contributed by atoms with Crippen LogP contribution in [0.5, 0.6) is 5.75 Å². The Bertz CT molecular complexity index is 362. The molecule has 0 saturated carbocycles. The summed E-state index contributed by atoms with van der Waals surface area (Å²) in [4.78, 5) is 11.4. The average Bonchev–Trinajstić information content (AvgIpc) is 2.20. The molecule has 1 aromatic carbocycles. The van der Waals surface area contributed by atoms with Crippen LogP contribution in [-0.2, 0) is 11.3 Å². The molecule has 0 aliphatic carbocycles. The number of hydrogen-bond acceptors (Lipinski definition) is 3. The number of rotatable bonds is 3. The lowest BCUT2D eigenvalue weighted by molar-refractivity contribution is -0.118. The summed E-state index contributed by atoms with van der Waals surface area (Å²) in [6.45, 7) is 3.95. The molecule has 15 heavy (non-hydrogen) atoms. The molecule has 82 valence electrons. The monoisotopic (exact) mass is 208 g/mol. The van der Waals surface area contributed by atoms with E-state index in [1.165, 1.54) is 0 Å². The number of carbonyl (C=O) groups excluding carboxylic acids is 1. The Hall–Kier alpha value is -1.55. The summed E-state index contributed by atoms with van der Waals surface area (Å²) in [6.07, 6.45) is 0. The molecule has 0 atom stereocenters. The molecule has 0 radical (unpaired) electrons. The Balaban J connectivity index is 2.83. The van der Waals surface area contributed by atoms with Crippen molar-refractivity contribution >= 4 is 11.6 Å². The predicted molar refractivity (Wildman–Crippen MR) is 59.5 cm³/mol. The fraction of sp³-hybridized carbons (Fsp3) is 0.364. The molecule has 1 rings (SSSR count). The van der Waals surface area contributed by atoms with E-state index in [-0.39, 0.29) is 17.6 Å². The minimum Gasteiger partial charge on any atom is -0.506 e. The third-order valence-corrected chi connectivity index (χ3v) is 2.08. The summed E-state index contributed by atoms with van der Waals surface area (Å²) in [5, 5.41) is 12.2. The molecule has 1 aromatic rings. The maximum Gasteiger partial charge on any atom is 0.227 e. The molecule has 0 spiro atoms. The van der Waals surface area contributed by atoms with Crippen LogP contribution >= 0.6 is 0 Å². The number of carbonyl (C=O) groups is 1. The van der Waals surface area contributed by atoms with E-state index < -0.39 is 0 Å². The van der Waals surface area contributed by atoms with Crippen molar-refractivity contribution in [1.29, 1.82) is 0 Å². The van der Waals surface area contributed by atoms with Gasteiger partial charge in [-0.05, 0) is 17.7 Å². The molecule has 1 amide bonds. The number of nitrogens with two attached hydrogens (primary N) is 1. The van der Waals surface area contributed by atoms with Crippen LogP contribution in [0.3, 0.4) is 0 Å². The topological polar surface area (TPSA) is 75.4 Å². The number of anilines is 1. The second kappa shape index (κ2) is 4.79. The SMILES string of the molecule is CC(C)C(=O)Nc1ccc(CN)cc1O. The first kappa shape index (κ1) is 11.5. The van der Waals surface area contributed by atoms with Gasteiger partial charge in [0.2, 0.25) is 5.91 Å². The molecule has 0 unspecified atom stereocenters. The zero-order chi connectivity index (χ0) is 11.4. The van der Waals surface area contributed by atoms with Crippen LogP contribution < -0.4 is 11.1 Å². The molecule has 0 aromatic heterocycles. The maximum atomic E-state index is 11.4. The number of nitrogens with one attached hydrogen (secondary N) is 1. The summed E-state index contributed by atoms with van der Waals surface area (Å²) in [5.74, 6) is -0.184. The predicted octanol–water partition coefficient (Wildman–Crippen LogP) is 1.45. The quantitative estimate of drug-likeness (QED) is 0.658. The van der Waals surface area contributed by atoms with Gasteiger partial charge in [0.05, 0.1) is 5.69 Å². The first-order chi connectivity index (χ1) is 7.04. The van der Waals surface area contributed by atoms with Gasteiger partial charge in [0.1, 0.15) is 5.75 Å². The molecule has 4 heteroatoms. The molecule has 0 fully saturated rings. The van der Waals surface area contributed by atoms with Gasteiger partial charge in [-0.3, -0.25) is 4.79 Å². The minimum atomic E-state index is -0.120. The molecule has 0 aliphatic rings. The van der Waals surface area contributed by atoms with Gasteiger partial charge in [0.15, 0.2) is 0 Å². The zero-order valence-corrected chi connectivity index (χ0v) is 8.95. The van der Waals surface area contributed by atoms with Gasteiger partial charge >= 0.3 is 0 Å². The van der Waals surface area contributed by atoms with Crippen LogP contribution in [0.2, 0.25) is 0 Å². The highest BCUT2D eigenvalue weighted by Crippen LogP contribution is 2.24. The number of amides is 1. The van der Waals surface area contributed by atoms with Crippen LogP contribution in [0.25, 0.3) is 0 Å². The van der Waals surface area contributed by atoms with Gasteiger partial charge in [0, 0.05) is 12.5 Å². The Morgan fingerprint density at radius 2 is 2.20 bits per heavy atom. The van der Waals surface area contributed by atoms with Crippen molar-refractivity contribution in [2.24, 2.45) is 11.7 Å².